The molecular weight excluding hydrogens is 281 g/mol. The molecule has 0 spiro atoms. The number of para-hydroxylation sites is 1. The zero-order valence-electron chi connectivity index (χ0n) is 11.6. The Morgan fingerprint density at radius 2 is 1.90 bits per heavy atom. The number of nitrogens with one attached hydrogen (secondary N) is 1. The standard InChI is InChI=1S/C15H15F3N2O/c1-10(19-2)11-7-8-20-14(9-11)21-13-6-4-3-5-12(13)15(16,17)18/h3-10,19H,1-2H3. The third-order valence-corrected chi connectivity index (χ3v) is 3.10. The second-order valence-corrected chi connectivity index (χ2v) is 4.53. The van der Waals surface area contributed by atoms with Crippen molar-refractivity contribution in [2.75, 3.05) is 7.05 Å². The lowest BCUT2D eigenvalue weighted by molar-refractivity contribution is -0.138. The van der Waals surface area contributed by atoms with E-state index in [1.807, 2.05) is 6.92 Å². The van der Waals surface area contributed by atoms with Gasteiger partial charge in [0.15, 0.2) is 0 Å². The zero-order valence-corrected chi connectivity index (χ0v) is 11.6. The number of halogens is 3. The lowest BCUT2D eigenvalue weighted by Gasteiger charge is -2.14. The van der Waals surface area contributed by atoms with E-state index in [0.717, 1.165) is 11.6 Å². The molecule has 0 saturated carbocycles. The van der Waals surface area contributed by atoms with Crippen molar-refractivity contribution in [2.45, 2.75) is 19.1 Å². The first-order chi connectivity index (χ1) is 9.91. The summed E-state index contributed by atoms with van der Waals surface area (Å²) in [6.07, 6.45) is -2.96. The van der Waals surface area contributed by atoms with Gasteiger partial charge in [-0.1, -0.05) is 12.1 Å². The first-order valence-corrected chi connectivity index (χ1v) is 6.39. The minimum Gasteiger partial charge on any atom is -0.438 e. The fourth-order valence-electron chi connectivity index (χ4n) is 1.82. The minimum absolute atomic E-state index is 0.0493. The Bertz CT molecular complexity index is 614. The smallest absolute Gasteiger partial charge is 0.419 e. The van der Waals surface area contributed by atoms with E-state index >= 15 is 0 Å². The minimum atomic E-state index is -4.47. The second kappa shape index (κ2) is 6.13. The van der Waals surface area contributed by atoms with Crippen LogP contribution in [0.15, 0.2) is 42.6 Å². The number of hydrogen-bond acceptors (Lipinski definition) is 3. The molecular formula is C15H15F3N2O. The Morgan fingerprint density at radius 3 is 2.57 bits per heavy atom. The van der Waals surface area contributed by atoms with E-state index in [0.29, 0.717) is 0 Å². The summed E-state index contributed by atoms with van der Waals surface area (Å²) in [5.74, 6) is -0.127. The van der Waals surface area contributed by atoms with Crippen LogP contribution in [0.25, 0.3) is 0 Å². The third kappa shape index (κ3) is 3.72. The summed E-state index contributed by atoms with van der Waals surface area (Å²) in [6, 6.07) is 8.52. The molecule has 1 unspecified atom stereocenters. The van der Waals surface area contributed by atoms with Crippen LogP contribution in [0.2, 0.25) is 0 Å². The van der Waals surface area contributed by atoms with Crippen LogP contribution in [0.5, 0.6) is 11.6 Å². The highest BCUT2D eigenvalue weighted by molar-refractivity contribution is 5.38. The molecule has 0 fully saturated rings. The third-order valence-electron chi connectivity index (χ3n) is 3.10. The maximum absolute atomic E-state index is 12.9. The van der Waals surface area contributed by atoms with E-state index in [-0.39, 0.29) is 17.7 Å². The van der Waals surface area contributed by atoms with Crippen LogP contribution in [-0.2, 0) is 6.18 Å². The number of nitrogens with zero attached hydrogens (tertiary/aromatic N) is 1. The van der Waals surface area contributed by atoms with Gasteiger partial charge in [0.1, 0.15) is 5.75 Å². The molecule has 0 radical (unpaired) electrons. The van der Waals surface area contributed by atoms with Crippen LogP contribution in [0.3, 0.4) is 0 Å². The summed E-state index contributed by atoms with van der Waals surface area (Å²) >= 11 is 0. The van der Waals surface area contributed by atoms with Gasteiger partial charge in [-0.05, 0) is 37.7 Å². The molecule has 2 aromatic rings. The van der Waals surface area contributed by atoms with Crippen molar-refractivity contribution in [3.63, 3.8) is 0 Å². The Kier molecular flexibility index (Phi) is 4.47. The average molecular weight is 296 g/mol. The molecule has 2 rings (SSSR count). The van der Waals surface area contributed by atoms with E-state index in [9.17, 15) is 13.2 Å². The Labute approximate surface area is 120 Å². The van der Waals surface area contributed by atoms with Gasteiger partial charge in [-0.25, -0.2) is 4.98 Å². The van der Waals surface area contributed by atoms with Crippen molar-refractivity contribution in [1.29, 1.82) is 0 Å². The fraction of sp³-hybridized carbons (Fsp3) is 0.267. The summed E-state index contributed by atoms with van der Waals surface area (Å²) in [7, 11) is 1.80. The molecule has 6 heteroatoms. The van der Waals surface area contributed by atoms with Gasteiger partial charge in [0.25, 0.3) is 0 Å². The van der Waals surface area contributed by atoms with E-state index < -0.39 is 11.7 Å². The molecule has 1 heterocycles. The number of rotatable bonds is 4. The number of pyridine rings is 1. The summed E-state index contributed by atoms with van der Waals surface area (Å²) in [4.78, 5) is 3.96. The van der Waals surface area contributed by atoms with Gasteiger partial charge in [0.05, 0.1) is 5.56 Å². The highest BCUT2D eigenvalue weighted by Gasteiger charge is 2.34. The van der Waals surface area contributed by atoms with Crippen LogP contribution in [0.4, 0.5) is 13.2 Å². The quantitative estimate of drug-likeness (QED) is 0.919. The maximum Gasteiger partial charge on any atom is 0.419 e. The lowest BCUT2D eigenvalue weighted by atomic mass is 10.1. The summed E-state index contributed by atoms with van der Waals surface area (Å²) in [5.41, 5.74) is 0.0610. The van der Waals surface area contributed by atoms with E-state index in [2.05, 4.69) is 10.3 Å². The molecule has 1 N–H and O–H groups in total. The average Bonchev–Trinajstić information content (AvgIpc) is 2.46. The maximum atomic E-state index is 12.9. The molecule has 112 valence electrons. The van der Waals surface area contributed by atoms with Gasteiger partial charge in [0, 0.05) is 18.3 Å². The molecule has 3 nitrogen and oxygen atoms in total. The fourth-order valence-corrected chi connectivity index (χ4v) is 1.82. The Morgan fingerprint density at radius 1 is 1.19 bits per heavy atom. The van der Waals surface area contributed by atoms with Crippen LogP contribution in [-0.4, -0.2) is 12.0 Å². The van der Waals surface area contributed by atoms with Crippen molar-refractivity contribution >= 4 is 0 Å². The van der Waals surface area contributed by atoms with Crippen molar-refractivity contribution in [3.05, 3.63) is 53.7 Å². The molecule has 21 heavy (non-hydrogen) atoms. The van der Waals surface area contributed by atoms with Gasteiger partial charge in [-0.15, -0.1) is 0 Å². The lowest BCUT2D eigenvalue weighted by Crippen LogP contribution is -2.12. The van der Waals surface area contributed by atoms with Crippen molar-refractivity contribution < 1.29 is 17.9 Å². The van der Waals surface area contributed by atoms with Gasteiger partial charge >= 0.3 is 6.18 Å². The van der Waals surface area contributed by atoms with E-state index in [4.69, 9.17) is 4.74 Å². The first kappa shape index (κ1) is 15.3. The molecule has 0 aliphatic carbocycles. The van der Waals surface area contributed by atoms with Gasteiger partial charge < -0.3 is 10.1 Å². The molecule has 1 atom stereocenters. The highest BCUT2D eigenvalue weighted by Crippen LogP contribution is 2.37. The topological polar surface area (TPSA) is 34.2 Å². The van der Waals surface area contributed by atoms with Gasteiger partial charge in [0.2, 0.25) is 5.88 Å². The van der Waals surface area contributed by atoms with Crippen molar-refractivity contribution in [3.8, 4) is 11.6 Å². The molecule has 0 aliphatic heterocycles. The van der Waals surface area contributed by atoms with Crippen LogP contribution in [0.1, 0.15) is 24.1 Å². The van der Waals surface area contributed by atoms with Crippen LogP contribution >= 0.6 is 0 Å². The summed E-state index contributed by atoms with van der Waals surface area (Å²) in [5, 5.41) is 3.04. The predicted octanol–water partition coefficient (Wildman–Crippen LogP) is 4.17. The highest BCUT2D eigenvalue weighted by atomic mass is 19.4. The van der Waals surface area contributed by atoms with Crippen molar-refractivity contribution in [2.24, 2.45) is 0 Å². The van der Waals surface area contributed by atoms with Gasteiger partial charge in [-0.3, -0.25) is 0 Å². The molecule has 0 bridgehead atoms. The zero-order chi connectivity index (χ0) is 15.5. The Hall–Kier alpha value is -2.08. The molecule has 1 aromatic heterocycles. The number of ether oxygens (including phenoxy) is 1. The van der Waals surface area contributed by atoms with Crippen LogP contribution < -0.4 is 10.1 Å². The van der Waals surface area contributed by atoms with Crippen molar-refractivity contribution in [1.82, 2.24) is 10.3 Å². The number of hydrogen-bond donors (Lipinski definition) is 1. The van der Waals surface area contributed by atoms with E-state index in [1.165, 1.54) is 24.4 Å². The summed E-state index contributed by atoms with van der Waals surface area (Å²) in [6.45, 7) is 1.93. The molecule has 1 aromatic carbocycles. The first-order valence-electron chi connectivity index (χ1n) is 6.39. The van der Waals surface area contributed by atoms with Crippen LogP contribution in [0, 0.1) is 0 Å². The second-order valence-electron chi connectivity index (χ2n) is 4.53. The number of alkyl halides is 3. The number of aromatic nitrogens is 1. The summed E-state index contributed by atoms with van der Waals surface area (Å²) < 4.78 is 44.0. The number of benzene rings is 1. The normalized spacial score (nSPS) is 13.0. The molecule has 0 amide bonds. The SMILES string of the molecule is CNC(C)c1ccnc(Oc2ccccc2C(F)(F)F)c1. The molecule has 0 saturated heterocycles. The van der Waals surface area contributed by atoms with E-state index in [1.54, 1.807) is 19.2 Å². The largest absolute Gasteiger partial charge is 0.438 e. The molecule has 0 aliphatic rings. The monoisotopic (exact) mass is 296 g/mol. The Balaban J connectivity index is 2.31. The van der Waals surface area contributed by atoms with Gasteiger partial charge in [-0.2, -0.15) is 13.2 Å². The predicted molar refractivity (Wildman–Crippen MR) is 73.2 cm³/mol.